The quantitative estimate of drug-likeness (QED) is 0.652. The molecule has 0 unspecified atom stereocenters. The van der Waals surface area contributed by atoms with Gasteiger partial charge >= 0.3 is 5.97 Å². The zero-order valence-electron chi connectivity index (χ0n) is 16.7. The van der Waals surface area contributed by atoms with Crippen LogP contribution < -0.4 is 0 Å². The zero-order valence-corrected chi connectivity index (χ0v) is 16.7. The average molecular weight is 366 g/mol. The molecule has 0 fully saturated rings. The van der Waals surface area contributed by atoms with Crippen molar-refractivity contribution in [3.05, 3.63) is 64.5 Å². The van der Waals surface area contributed by atoms with Crippen molar-refractivity contribution in [2.75, 3.05) is 0 Å². The van der Waals surface area contributed by atoms with Crippen molar-refractivity contribution >= 4 is 12.0 Å². The molecule has 1 aliphatic rings. The largest absolute Gasteiger partial charge is 0.478 e. The number of halogens is 1. The van der Waals surface area contributed by atoms with Crippen LogP contribution in [0.1, 0.15) is 62.8 Å². The first-order valence-electron chi connectivity index (χ1n) is 9.38. The normalized spacial score (nSPS) is 17.7. The van der Waals surface area contributed by atoms with Crippen LogP contribution in [0.25, 0.3) is 17.2 Å². The molecule has 0 atom stereocenters. The number of aliphatic carboxylic acids is 1. The molecule has 0 bridgehead atoms. The summed E-state index contributed by atoms with van der Waals surface area (Å²) >= 11 is 0. The first-order chi connectivity index (χ1) is 12.5. The minimum Gasteiger partial charge on any atom is -0.478 e. The molecular formula is C24H27FO2. The average Bonchev–Trinajstić information content (AvgIpc) is 2.58. The summed E-state index contributed by atoms with van der Waals surface area (Å²) in [6.45, 7) is 11.1. The fourth-order valence-corrected chi connectivity index (χ4v) is 4.03. The number of benzene rings is 2. The molecule has 142 valence electrons. The number of rotatable bonds is 3. The van der Waals surface area contributed by atoms with Crippen molar-refractivity contribution in [2.24, 2.45) is 0 Å². The summed E-state index contributed by atoms with van der Waals surface area (Å²) in [5.41, 5.74) is 5.89. The number of hydrogen-bond donors (Lipinski definition) is 1. The Morgan fingerprint density at radius 1 is 1.00 bits per heavy atom. The van der Waals surface area contributed by atoms with Crippen molar-refractivity contribution in [1.82, 2.24) is 0 Å². The Hall–Kier alpha value is -2.42. The first-order valence-corrected chi connectivity index (χ1v) is 9.38. The van der Waals surface area contributed by atoms with Gasteiger partial charge in [-0.2, -0.15) is 0 Å². The topological polar surface area (TPSA) is 37.3 Å². The van der Waals surface area contributed by atoms with Gasteiger partial charge in [0.1, 0.15) is 5.82 Å². The molecule has 2 nitrogen and oxygen atoms in total. The lowest BCUT2D eigenvalue weighted by atomic mass is 9.62. The predicted octanol–water partition coefficient (Wildman–Crippen LogP) is 6.25. The molecule has 0 saturated heterocycles. The number of carbonyl (C=O) groups is 1. The van der Waals surface area contributed by atoms with Crippen molar-refractivity contribution in [1.29, 1.82) is 0 Å². The van der Waals surface area contributed by atoms with Crippen LogP contribution in [0.15, 0.2) is 36.4 Å². The second-order valence-corrected chi connectivity index (χ2v) is 8.89. The molecule has 0 saturated carbocycles. The number of carboxylic acid groups (broad SMARTS) is 1. The lowest BCUT2D eigenvalue weighted by molar-refractivity contribution is -0.131. The Morgan fingerprint density at radius 3 is 2.19 bits per heavy atom. The van der Waals surface area contributed by atoms with Gasteiger partial charge in [0.2, 0.25) is 0 Å². The van der Waals surface area contributed by atoms with Crippen molar-refractivity contribution < 1.29 is 14.3 Å². The van der Waals surface area contributed by atoms with Crippen LogP contribution in [-0.4, -0.2) is 11.1 Å². The third-order valence-corrected chi connectivity index (χ3v) is 5.90. The molecular weight excluding hydrogens is 339 g/mol. The number of fused-ring (bicyclic) bond motifs is 1. The highest BCUT2D eigenvalue weighted by molar-refractivity contribution is 5.85. The van der Waals surface area contributed by atoms with Gasteiger partial charge in [0, 0.05) is 11.6 Å². The molecule has 0 aromatic heterocycles. The summed E-state index contributed by atoms with van der Waals surface area (Å²) in [5, 5.41) is 8.84. The van der Waals surface area contributed by atoms with E-state index in [0.717, 1.165) is 30.0 Å². The van der Waals surface area contributed by atoms with E-state index in [9.17, 15) is 9.18 Å². The van der Waals surface area contributed by atoms with Gasteiger partial charge < -0.3 is 5.11 Å². The Kier molecular flexibility index (Phi) is 4.75. The predicted molar refractivity (Wildman–Crippen MR) is 109 cm³/mol. The summed E-state index contributed by atoms with van der Waals surface area (Å²) in [4.78, 5) is 10.8. The van der Waals surface area contributed by atoms with E-state index in [1.54, 1.807) is 12.1 Å². The lowest BCUT2D eigenvalue weighted by Crippen LogP contribution is -2.34. The summed E-state index contributed by atoms with van der Waals surface area (Å²) in [7, 11) is 0. The van der Waals surface area contributed by atoms with E-state index < -0.39 is 5.97 Å². The van der Waals surface area contributed by atoms with Gasteiger partial charge in [0.05, 0.1) is 0 Å². The Morgan fingerprint density at radius 2 is 1.59 bits per heavy atom. The van der Waals surface area contributed by atoms with Gasteiger partial charge in [0.25, 0.3) is 0 Å². The molecule has 1 N–H and O–H groups in total. The number of hydrogen-bond acceptors (Lipinski definition) is 1. The minimum absolute atomic E-state index is 0.0462. The van der Waals surface area contributed by atoms with Crippen LogP contribution in [0.3, 0.4) is 0 Å². The maximum Gasteiger partial charge on any atom is 0.328 e. The van der Waals surface area contributed by atoms with Gasteiger partial charge in [-0.15, -0.1) is 0 Å². The molecule has 0 heterocycles. The molecule has 27 heavy (non-hydrogen) atoms. The highest BCUT2D eigenvalue weighted by Gasteiger charge is 2.37. The van der Waals surface area contributed by atoms with Crippen LogP contribution in [0.5, 0.6) is 0 Å². The Bertz CT molecular complexity index is 936. The van der Waals surface area contributed by atoms with Gasteiger partial charge in [-0.25, -0.2) is 9.18 Å². The van der Waals surface area contributed by atoms with Crippen LogP contribution >= 0.6 is 0 Å². The van der Waals surface area contributed by atoms with E-state index in [4.69, 9.17) is 5.11 Å². The zero-order chi connectivity index (χ0) is 20.0. The lowest BCUT2D eigenvalue weighted by Gasteiger charge is -2.42. The molecule has 2 aromatic rings. The summed E-state index contributed by atoms with van der Waals surface area (Å²) in [6, 6.07) is 9.09. The molecule has 0 amide bonds. The highest BCUT2D eigenvalue weighted by atomic mass is 19.1. The van der Waals surface area contributed by atoms with Gasteiger partial charge in [-0.3, -0.25) is 0 Å². The number of carboxylic acids is 1. The van der Waals surface area contributed by atoms with E-state index in [0.29, 0.717) is 11.1 Å². The SMILES string of the molecule is Cc1cc2c(cc1-c1cc(/C=C/C(=O)O)ccc1F)C(C)(C)CCC2(C)C. The second-order valence-electron chi connectivity index (χ2n) is 8.89. The van der Waals surface area contributed by atoms with Crippen LogP contribution in [-0.2, 0) is 15.6 Å². The van der Waals surface area contributed by atoms with E-state index in [1.165, 1.54) is 23.3 Å². The smallest absolute Gasteiger partial charge is 0.328 e. The van der Waals surface area contributed by atoms with Crippen molar-refractivity contribution in [2.45, 2.75) is 58.3 Å². The number of aryl methyl sites for hydroxylation is 1. The van der Waals surface area contributed by atoms with Crippen molar-refractivity contribution in [3.8, 4) is 11.1 Å². The Balaban J connectivity index is 2.19. The van der Waals surface area contributed by atoms with E-state index in [1.807, 2.05) is 6.92 Å². The standard InChI is InChI=1S/C24H27FO2/c1-15-12-19-20(24(4,5)11-10-23(19,2)3)14-17(15)18-13-16(6-8-21(18)25)7-9-22(26)27/h6-9,12-14H,10-11H2,1-5H3,(H,26,27)/b9-7+. The van der Waals surface area contributed by atoms with Gasteiger partial charge in [-0.1, -0.05) is 39.8 Å². The maximum absolute atomic E-state index is 14.7. The third-order valence-electron chi connectivity index (χ3n) is 5.90. The summed E-state index contributed by atoms with van der Waals surface area (Å²) in [5.74, 6) is -1.31. The maximum atomic E-state index is 14.7. The fourth-order valence-electron chi connectivity index (χ4n) is 4.03. The second kappa shape index (κ2) is 6.63. The van der Waals surface area contributed by atoms with Crippen LogP contribution in [0, 0.1) is 12.7 Å². The Labute approximate surface area is 160 Å². The molecule has 1 aliphatic carbocycles. The highest BCUT2D eigenvalue weighted by Crippen LogP contribution is 2.47. The van der Waals surface area contributed by atoms with E-state index >= 15 is 0 Å². The third kappa shape index (κ3) is 3.69. The van der Waals surface area contributed by atoms with Gasteiger partial charge in [-0.05, 0) is 82.7 Å². The first kappa shape index (κ1) is 19.3. The van der Waals surface area contributed by atoms with Crippen LogP contribution in [0.4, 0.5) is 4.39 Å². The van der Waals surface area contributed by atoms with Gasteiger partial charge in [0.15, 0.2) is 0 Å². The molecule has 0 aliphatic heterocycles. The van der Waals surface area contributed by atoms with Crippen LogP contribution in [0.2, 0.25) is 0 Å². The molecule has 0 spiro atoms. The molecule has 3 rings (SSSR count). The van der Waals surface area contributed by atoms with E-state index in [2.05, 4.69) is 39.8 Å². The monoisotopic (exact) mass is 366 g/mol. The van der Waals surface area contributed by atoms with E-state index in [-0.39, 0.29) is 16.6 Å². The fraction of sp³-hybridized carbons (Fsp3) is 0.375. The molecule has 3 heteroatoms. The van der Waals surface area contributed by atoms with Crippen molar-refractivity contribution in [3.63, 3.8) is 0 Å². The minimum atomic E-state index is -1.02. The summed E-state index contributed by atoms with van der Waals surface area (Å²) in [6.07, 6.45) is 4.80. The summed E-state index contributed by atoms with van der Waals surface area (Å²) < 4.78 is 14.7. The molecule has 0 radical (unpaired) electrons. The molecule has 2 aromatic carbocycles.